The van der Waals surface area contributed by atoms with Crippen molar-refractivity contribution < 1.29 is 0 Å². The summed E-state index contributed by atoms with van der Waals surface area (Å²) in [4.78, 5) is 4.70. The van der Waals surface area contributed by atoms with Gasteiger partial charge in [0.2, 0.25) is 0 Å². The summed E-state index contributed by atoms with van der Waals surface area (Å²) in [6.07, 6.45) is 3.88. The lowest BCUT2D eigenvalue weighted by molar-refractivity contribution is 0.275. The van der Waals surface area contributed by atoms with Crippen LogP contribution in [0.2, 0.25) is 0 Å². The maximum Gasteiger partial charge on any atom is 0.0227 e. The minimum absolute atomic E-state index is 1.03. The van der Waals surface area contributed by atoms with Gasteiger partial charge in [-0.2, -0.15) is 0 Å². The molecule has 0 aliphatic heterocycles. The summed E-state index contributed by atoms with van der Waals surface area (Å²) in [5, 5.41) is 0. The van der Waals surface area contributed by atoms with Crippen LogP contribution < -0.4 is 0 Å². The quantitative estimate of drug-likeness (QED) is 0.701. The number of hydrogen-bond donors (Lipinski definition) is 0. The Morgan fingerprint density at radius 3 is 1.55 bits per heavy atom. The van der Waals surface area contributed by atoms with E-state index in [1.807, 2.05) is 6.07 Å². The highest BCUT2D eigenvalue weighted by Gasteiger charge is 1.98. The summed E-state index contributed by atoms with van der Waals surface area (Å²) in [7, 11) is 4.15. The van der Waals surface area contributed by atoms with E-state index in [1.165, 1.54) is 44.5 Å². The summed E-state index contributed by atoms with van der Waals surface area (Å²) in [6, 6.07) is 10.5. The molecule has 116 valence electrons. The number of nitrogens with zero attached hydrogens (tertiary/aromatic N) is 2. The van der Waals surface area contributed by atoms with Gasteiger partial charge in [-0.05, 0) is 58.6 Å². The first-order valence-electron chi connectivity index (χ1n) is 8.04. The van der Waals surface area contributed by atoms with Crippen molar-refractivity contribution in [3.8, 4) is 0 Å². The Bertz CT molecular complexity index is 281. The molecule has 0 aromatic heterocycles. The van der Waals surface area contributed by atoms with Crippen LogP contribution in [-0.2, 0) is 6.54 Å². The summed E-state index contributed by atoms with van der Waals surface area (Å²) in [6.45, 7) is 11.6. The van der Waals surface area contributed by atoms with Gasteiger partial charge in [-0.3, -0.25) is 0 Å². The Balaban J connectivity index is 0.000000361. The molecular formula is C18H34N2. The molecule has 1 aromatic rings. The van der Waals surface area contributed by atoms with Gasteiger partial charge >= 0.3 is 0 Å². The van der Waals surface area contributed by atoms with Gasteiger partial charge in [-0.25, -0.2) is 0 Å². The Morgan fingerprint density at radius 2 is 1.20 bits per heavy atom. The molecule has 0 unspecified atom stereocenters. The van der Waals surface area contributed by atoms with E-state index in [0.29, 0.717) is 0 Å². The van der Waals surface area contributed by atoms with Crippen LogP contribution in [0.1, 0.15) is 45.6 Å². The van der Waals surface area contributed by atoms with Crippen molar-refractivity contribution in [2.75, 3.05) is 33.7 Å². The highest BCUT2D eigenvalue weighted by Crippen LogP contribution is 1.99. The molecular weight excluding hydrogens is 244 g/mol. The smallest absolute Gasteiger partial charge is 0.0227 e. The Labute approximate surface area is 126 Å². The molecule has 0 N–H and O–H groups in total. The van der Waals surface area contributed by atoms with Crippen LogP contribution in [0, 0.1) is 0 Å². The Kier molecular flexibility index (Phi) is 12.6. The molecule has 0 radical (unpaired) electrons. The highest BCUT2D eigenvalue weighted by molar-refractivity contribution is 5.14. The van der Waals surface area contributed by atoms with Gasteiger partial charge in [0.1, 0.15) is 0 Å². The molecule has 1 rings (SSSR count). The Morgan fingerprint density at radius 1 is 0.750 bits per heavy atom. The van der Waals surface area contributed by atoms with Crippen molar-refractivity contribution in [1.29, 1.82) is 0 Å². The van der Waals surface area contributed by atoms with Gasteiger partial charge in [-0.1, -0.05) is 51.1 Å². The molecule has 0 amide bonds. The average molecular weight is 278 g/mol. The minimum Gasteiger partial charge on any atom is -0.305 e. The monoisotopic (exact) mass is 278 g/mol. The fourth-order valence-corrected chi connectivity index (χ4v) is 2.23. The zero-order chi connectivity index (χ0) is 15.2. The summed E-state index contributed by atoms with van der Waals surface area (Å²) in [5.41, 5.74) is 1.37. The second-order valence-electron chi connectivity index (χ2n) is 5.57. The van der Waals surface area contributed by atoms with Crippen LogP contribution in [0.5, 0.6) is 0 Å². The van der Waals surface area contributed by atoms with Gasteiger partial charge in [0.15, 0.2) is 0 Å². The molecule has 2 nitrogen and oxygen atoms in total. The fourth-order valence-electron chi connectivity index (χ4n) is 2.23. The van der Waals surface area contributed by atoms with Crippen molar-refractivity contribution in [2.24, 2.45) is 0 Å². The molecule has 0 spiro atoms. The zero-order valence-corrected chi connectivity index (χ0v) is 14.2. The maximum absolute atomic E-state index is 2.54. The Hall–Kier alpha value is -0.860. The molecule has 1 aromatic carbocycles. The molecule has 0 saturated heterocycles. The van der Waals surface area contributed by atoms with E-state index in [-0.39, 0.29) is 0 Å². The van der Waals surface area contributed by atoms with E-state index in [2.05, 4.69) is 68.9 Å². The number of benzene rings is 1. The lowest BCUT2D eigenvalue weighted by Crippen LogP contribution is -2.25. The van der Waals surface area contributed by atoms with Crippen LogP contribution in [0.25, 0.3) is 0 Å². The number of hydrogen-bond acceptors (Lipinski definition) is 2. The molecule has 2 heteroatoms. The van der Waals surface area contributed by atoms with Crippen molar-refractivity contribution in [3.05, 3.63) is 35.9 Å². The molecule has 0 heterocycles. The molecule has 0 fully saturated rings. The van der Waals surface area contributed by atoms with E-state index in [4.69, 9.17) is 0 Å². The van der Waals surface area contributed by atoms with Crippen molar-refractivity contribution >= 4 is 0 Å². The zero-order valence-electron chi connectivity index (χ0n) is 14.2. The standard InChI is InChI=1S/C9H13N.C9H21N/c1-10(2)8-9-6-4-3-5-7-9;1-4-7-10(8-5-2)9-6-3/h3-7H,8H2,1-2H3;4-9H2,1-3H3. The summed E-state index contributed by atoms with van der Waals surface area (Å²) < 4.78 is 0. The van der Waals surface area contributed by atoms with Gasteiger partial charge in [0.05, 0.1) is 0 Å². The molecule has 0 atom stereocenters. The van der Waals surface area contributed by atoms with E-state index >= 15 is 0 Å². The van der Waals surface area contributed by atoms with Gasteiger partial charge in [-0.15, -0.1) is 0 Å². The SMILES string of the molecule is CCCN(CCC)CCC.CN(C)Cc1ccccc1. The normalized spacial score (nSPS) is 10.6. The topological polar surface area (TPSA) is 6.48 Å². The van der Waals surface area contributed by atoms with Gasteiger partial charge < -0.3 is 9.80 Å². The van der Waals surface area contributed by atoms with Gasteiger partial charge in [0, 0.05) is 6.54 Å². The van der Waals surface area contributed by atoms with Crippen molar-refractivity contribution in [3.63, 3.8) is 0 Å². The second-order valence-corrected chi connectivity index (χ2v) is 5.57. The largest absolute Gasteiger partial charge is 0.305 e. The predicted molar refractivity (Wildman–Crippen MR) is 91.1 cm³/mol. The van der Waals surface area contributed by atoms with E-state index in [1.54, 1.807) is 0 Å². The molecule has 0 saturated carbocycles. The predicted octanol–water partition coefficient (Wildman–Crippen LogP) is 4.27. The third-order valence-corrected chi connectivity index (χ3v) is 2.96. The van der Waals surface area contributed by atoms with Crippen LogP contribution in [-0.4, -0.2) is 43.5 Å². The van der Waals surface area contributed by atoms with E-state index in [0.717, 1.165) is 6.54 Å². The summed E-state index contributed by atoms with van der Waals surface area (Å²) in [5.74, 6) is 0. The van der Waals surface area contributed by atoms with Crippen LogP contribution in [0.4, 0.5) is 0 Å². The first-order valence-corrected chi connectivity index (χ1v) is 8.04. The third-order valence-electron chi connectivity index (χ3n) is 2.96. The summed E-state index contributed by atoms with van der Waals surface area (Å²) >= 11 is 0. The minimum atomic E-state index is 1.03. The third kappa shape index (κ3) is 11.0. The second kappa shape index (κ2) is 13.1. The van der Waals surface area contributed by atoms with E-state index in [9.17, 15) is 0 Å². The lowest BCUT2D eigenvalue weighted by Gasteiger charge is -2.19. The van der Waals surface area contributed by atoms with Crippen molar-refractivity contribution in [1.82, 2.24) is 9.80 Å². The van der Waals surface area contributed by atoms with Crippen LogP contribution in [0.3, 0.4) is 0 Å². The number of rotatable bonds is 8. The van der Waals surface area contributed by atoms with Gasteiger partial charge in [0.25, 0.3) is 0 Å². The molecule has 20 heavy (non-hydrogen) atoms. The molecule has 0 bridgehead atoms. The average Bonchev–Trinajstić information content (AvgIpc) is 2.41. The molecule has 0 aliphatic rings. The maximum atomic E-state index is 2.54. The highest BCUT2D eigenvalue weighted by atomic mass is 15.1. The van der Waals surface area contributed by atoms with Crippen molar-refractivity contribution in [2.45, 2.75) is 46.6 Å². The lowest BCUT2D eigenvalue weighted by atomic mass is 10.2. The fraction of sp³-hybridized carbons (Fsp3) is 0.667. The molecule has 0 aliphatic carbocycles. The van der Waals surface area contributed by atoms with E-state index < -0.39 is 0 Å². The van der Waals surface area contributed by atoms with Crippen LogP contribution in [0.15, 0.2) is 30.3 Å². The first-order chi connectivity index (χ1) is 9.63. The first kappa shape index (κ1) is 19.1. The van der Waals surface area contributed by atoms with Crippen LogP contribution >= 0.6 is 0 Å².